The summed E-state index contributed by atoms with van der Waals surface area (Å²) in [6.45, 7) is 3.33. The van der Waals surface area contributed by atoms with Crippen molar-refractivity contribution >= 4 is 32.4 Å². The summed E-state index contributed by atoms with van der Waals surface area (Å²) < 4.78 is 45.6. The maximum atomic E-state index is 13.9. The zero-order valence-electron chi connectivity index (χ0n) is 13.8. The van der Waals surface area contributed by atoms with Crippen LogP contribution in [0, 0.1) is 5.82 Å². The number of anilines is 1. The van der Waals surface area contributed by atoms with Gasteiger partial charge in [0.2, 0.25) is 10.0 Å². The molecule has 27 heavy (non-hydrogen) atoms. The minimum atomic E-state index is -4.11. The summed E-state index contributed by atoms with van der Waals surface area (Å²) in [6, 6.07) is 6.53. The summed E-state index contributed by atoms with van der Waals surface area (Å²) in [6.07, 6.45) is 2.83. The molecule has 0 aliphatic heterocycles. The molecule has 0 radical (unpaired) electrons. The number of carbonyl (C=O) groups excluding carboxylic acids is 1. The molecule has 7 nitrogen and oxygen atoms in total. The average Bonchev–Trinajstić information content (AvgIpc) is 3.31. The fraction of sp³-hybridized carbons (Fsp3) is 0.0588. The molecule has 3 rings (SSSR count). The van der Waals surface area contributed by atoms with Crippen molar-refractivity contribution in [2.75, 3.05) is 11.9 Å². The fourth-order valence-electron chi connectivity index (χ4n) is 2.13. The van der Waals surface area contributed by atoms with Crippen LogP contribution in [0.3, 0.4) is 0 Å². The van der Waals surface area contributed by atoms with E-state index in [2.05, 4.69) is 21.6 Å². The molecule has 1 aromatic carbocycles. The van der Waals surface area contributed by atoms with Crippen LogP contribution in [0.2, 0.25) is 0 Å². The number of thiazole rings is 1. The van der Waals surface area contributed by atoms with Crippen molar-refractivity contribution in [2.24, 2.45) is 0 Å². The Bertz CT molecular complexity index is 1080. The lowest BCUT2D eigenvalue weighted by atomic mass is 10.2. The van der Waals surface area contributed by atoms with E-state index in [0.29, 0.717) is 16.6 Å². The van der Waals surface area contributed by atoms with E-state index in [1.807, 2.05) is 0 Å². The molecule has 0 bridgehead atoms. The van der Waals surface area contributed by atoms with Gasteiger partial charge in [-0.15, -0.1) is 17.9 Å². The Hall–Kier alpha value is -2.82. The number of amides is 1. The largest absolute Gasteiger partial charge is 0.463 e. The second-order valence-electron chi connectivity index (χ2n) is 5.26. The van der Waals surface area contributed by atoms with E-state index in [9.17, 15) is 17.6 Å². The van der Waals surface area contributed by atoms with Gasteiger partial charge in [0.05, 0.1) is 6.26 Å². The van der Waals surface area contributed by atoms with Crippen LogP contribution < -0.4 is 10.0 Å². The molecule has 0 aliphatic carbocycles. The molecular formula is C17H14FN3O4S2. The third kappa shape index (κ3) is 4.30. The van der Waals surface area contributed by atoms with Crippen LogP contribution in [0.25, 0.3) is 11.5 Å². The molecule has 0 spiro atoms. The van der Waals surface area contributed by atoms with Gasteiger partial charge in [0.15, 0.2) is 10.9 Å². The van der Waals surface area contributed by atoms with E-state index < -0.39 is 26.6 Å². The molecule has 0 saturated heterocycles. The van der Waals surface area contributed by atoms with E-state index in [1.54, 1.807) is 17.5 Å². The van der Waals surface area contributed by atoms with E-state index >= 15 is 0 Å². The standard InChI is InChI=1S/C17H14FN3O4S2/c1-2-7-19-27(23,24)15-9-11(5-6-12(15)18)16(22)21-17-20-13(10-26-17)14-4-3-8-25-14/h2-6,8-10,19H,1,7H2,(H,20,21,22). The van der Waals surface area contributed by atoms with Gasteiger partial charge < -0.3 is 4.42 Å². The van der Waals surface area contributed by atoms with Gasteiger partial charge in [0.25, 0.3) is 5.91 Å². The molecule has 0 aliphatic rings. The lowest BCUT2D eigenvalue weighted by Crippen LogP contribution is -2.25. The van der Waals surface area contributed by atoms with Crippen LogP contribution in [0.1, 0.15) is 10.4 Å². The maximum Gasteiger partial charge on any atom is 0.257 e. The lowest BCUT2D eigenvalue weighted by molar-refractivity contribution is 0.102. The number of aromatic nitrogens is 1. The normalized spacial score (nSPS) is 11.3. The first-order valence-corrected chi connectivity index (χ1v) is 9.98. The Morgan fingerprint density at radius 2 is 2.19 bits per heavy atom. The van der Waals surface area contributed by atoms with E-state index in [0.717, 1.165) is 12.1 Å². The Kier molecular flexibility index (Phi) is 5.49. The van der Waals surface area contributed by atoms with Crippen LogP contribution >= 0.6 is 11.3 Å². The molecule has 1 amide bonds. The highest BCUT2D eigenvalue weighted by molar-refractivity contribution is 7.89. The average molecular weight is 407 g/mol. The Labute approximate surface area is 158 Å². The zero-order chi connectivity index (χ0) is 19.4. The van der Waals surface area contributed by atoms with Crippen molar-refractivity contribution in [2.45, 2.75) is 4.90 Å². The number of sulfonamides is 1. The van der Waals surface area contributed by atoms with Gasteiger partial charge in [-0.05, 0) is 30.3 Å². The maximum absolute atomic E-state index is 13.9. The first-order chi connectivity index (χ1) is 12.9. The summed E-state index contributed by atoms with van der Waals surface area (Å²) in [5, 5.41) is 4.55. The molecule has 0 unspecified atom stereocenters. The molecule has 140 valence electrons. The molecule has 0 atom stereocenters. The van der Waals surface area contributed by atoms with Crippen LogP contribution in [0.15, 0.2) is 63.9 Å². The van der Waals surface area contributed by atoms with Crippen molar-refractivity contribution in [1.82, 2.24) is 9.71 Å². The Morgan fingerprint density at radius 3 is 2.89 bits per heavy atom. The smallest absolute Gasteiger partial charge is 0.257 e. The summed E-state index contributed by atoms with van der Waals surface area (Å²) >= 11 is 1.18. The first kappa shape index (κ1) is 19.0. The Balaban J connectivity index is 1.81. The molecule has 2 N–H and O–H groups in total. The highest BCUT2D eigenvalue weighted by Crippen LogP contribution is 2.25. The second kappa shape index (κ2) is 7.82. The van der Waals surface area contributed by atoms with Crippen molar-refractivity contribution in [1.29, 1.82) is 0 Å². The molecular weight excluding hydrogens is 393 g/mol. The number of nitrogens with zero attached hydrogens (tertiary/aromatic N) is 1. The molecule has 2 aromatic heterocycles. The van der Waals surface area contributed by atoms with Crippen molar-refractivity contribution < 1.29 is 22.0 Å². The van der Waals surface area contributed by atoms with Gasteiger partial charge in [0, 0.05) is 17.5 Å². The van der Waals surface area contributed by atoms with Crippen LogP contribution in [-0.2, 0) is 10.0 Å². The van der Waals surface area contributed by atoms with Gasteiger partial charge in [0.1, 0.15) is 16.4 Å². The Morgan fingerprint density at radius 1 is 1.37 bits per heavy atom. The number of nitrogens with one attached hydrogen (secondary N) is 2. The van der Waals surface area contributed by atoms with Gasteiger partial charge in [-0.3, -0.25) is 10.1 Å². The van der Waals surface area contributed by atoms with Crippen LogP contribution in [-0.4, -0.2) is 25.9 Å². The lowest BCUT2D eigenvalue weighted by Gasteiger charge is -2.08. The molecule has 0 saturated carbocycles. The van der Waals surface area contributed by atoms with Crippen molar-refractivity contribution in [3.63, 3.8) is 0 Å². The van der Waals surface area contributed by atoms with E-state index in [1.165, 1.54) is 29.7 Å². The summed E-state index contributed by atoms with van der Waals surface area (Å²) in [4.78, 5) is 16.0. The SMILES string of the molecule is C=CCNS(=O)(=O)c1cc(C(=O)Nc2nc(-c3ccco3)cs2)ccc1F. The number of benzene rings is 1. The monoisotopic (exact) mass is 407 g/mol. The number of rotatable bonds is 7. The summed E-state index contributed by atoms with van der Waals surface area (Å²) in [5.74, 6) is -1.02. The highest BCUT2D eigenvalue weighted by atomic mass is 32.2. The van der Waals surface area contributed by atoms with Gasteiger partial charge in [-0.25, -0.2) is 22.5 Å². The summed E-state index contributed by atoms with van der Waals surface area (Å²) in [5.41, 5.74) is 0.529. The third-order valence-corrected chi connectivity index (χ3v) is 5.60. The van der Waals surface area contributed by atoms with Crippen LogP contribution in [0.5, 0.6) is 0 Å². The topological polar surface area (TPSA) is 101 Å². The number of carbonyl (C=O) groups is 1. The van der Waals surface area contributed by atoms with E-state index in [-0.39, 0.29) is 12.1 Å². The number of hydrogen-bond acceptors (Lipinski definition) is 6. The third-order valence-electron chi connectivity index (χ3n) is 3.40. The quantitative estimate of drug-likeness (QED) is 0.586. The zero-order valence-corrected chi connectivity index (χ0v) is 15.4. The van der Waals surface area contributed by atoms with Crippen molar-refractivity contribution in [3.8, 4) is 11.5 Å². The van der Waals surface area contributed by atoms with Crippen molar-refractivity contribution in [3.05, 3.63) is 66.0 Å². The fourth-order valence-corrected chi connectivity index (χ4v) is 3.93. The molecule has 0 fully saturated rings. The molecule has 3 aromatic rings. The number of halogens is 1. The highest BCUT2D eigenvalue weighted by Gasteiger charge is 2.21. The molecule has 10 heteroatoms. The first-order valence-electron chi connectivity index (χ1n) is 7.61. The predicted molar refractivity (Wildman–Crippen MR) is 99.6 cm³/mol. The van der Waals surface area contributed by atoms with Gasteiger partial charge in [-0.2, -0.15) is 0 Å². The van der Waals surface area contributed by atoms with Gasteiger partial charge in [-0.1, -0.05) is 6.08 Å². The number of furan rings is 1. The minimum absolute atomic E-state index is 0.0230. The van der Waals surface area contributed by atoms with Gasteiger partial charge >= 0.3 is 0 Å². The second-order valence-corrected chi connectivity index (χ2v) is 7.85. The van der Waals surface area contributed by atoms with Crippen LogP contribution in [0.4, 0.5) is 9.52 Å². The van der Waals surface area contributed by atoms with E-state index in [4.69, 9.17) is 4.42 Å². The number of hydrogen-bond donors (Lipinski definition) is 2. The summed E-state index contributed by atoms with van der Waals surface area (Å²) in [7, 11) is -4.11. The molecule has 2 heterocycles. The minimum Gasteiger partial charge on any atom is -0.463 e. The predicted octanol–water partition coefficient (Wildman–Crippen LogP) is 3.26.